The summed E-state index contributed by atoms with van der Waals surface area (Å²) in [6.45, 7) is 2.32. The number of hydrogen-bond acceptors (Lipinski definition) is 3. The predicted octanol–water partition coefficient (Wildman–Crippen LogP) is 4.13. The van der Waals surface area contributed by atoms with Crippen molar-refractivity contribution in [2.24, 2.45) is 5.92 Å². The van der Waals surface area contributed by atoms with Gasteiger partial charge in [-0.15, -0.1) is 0 Å². The Balaban J connectivity index is 1.93. The first kappa shape index (κ1) is 15.3. The van der Waals surface area contributed by atoms with Gasteiger partial charge in [0.25, 0.3) is 0 Å². The number of methoxy groups -OCH3 is 1. The number of halogens is 1. The molecule has 1 aliphatic rings. The van der Waals surface area contributed by atoms with Gasteiger partial charge in [-0.2, -0.15) is 0 Å². The lowest BCUT2D eigenvalue weighted by molar-refractivity contribution is 0.000749. The highest BCUT2D eigenvalue weighted by atomic mass is 35.5. The molecule has 110 valence electrons. The van der Waals surface area contributed by atoms with Gasteiger partial charge in [0.15, 0.2) is 5.78 Å². The summed E-state index contributed by atoms with van der Waals surface area (Å²) in [6.07, 6.45) is 4.91. The topological polar surface area (TPSA) is 35.5 Å². The third kappa shape index (κ3) is 3.74. The number of benzene rings is 1. The van der Waals surface area contributed by atoms with Gasteiger partial charge < -0.3 is 9.47 Å². The minimum Gasteiger partial charge on any atom is -0.495 e. The number of rotatable bonds is 5. The van der Waals surface area contributed by atoms with Gasteiger partial charge in [0.1, 0.15) is 12.4 Å². The summed E-state index contributed by atoms with van der Waals surface area (Å²) in [7, 11) is 1.55. The number of hydrogen-bond donors (Lipinski definition) is 0. The Labute approximate surface area is 125 Å². The molecule has 1 fully saturated rings. The molecular formula is C16H21ClO3. The second-order valence-corrected chi connectivity index (χ2v) is 5.79. The zero-order chi connectivity index (χ0) is 14.5. The van der Waals surface area contributed by atoms with E-state index in [0.717, 1.165) is 6.42 Å². The summed E-state index contributed by atoms with van der Waals surface area (Å²) in [5.41, 5.74) is 0.569. The van der Waals surface area contributed by atoms with E-state index >= 15 is 0 Å². The third-order valence-corrected chi connectivity index (χ3v) is 4.23. The molecule has 0 bridgehead atoms. The fraction of sp³-hybridized carbons (Fsp3) is 0.562. The van der Waals surface area contributed by atoms with E-state index in [-0.39, 0.29) is 18.5 Å². The molecule has 1 aromatic rings. The molecule has 2 atom stereocenters. The van der Waals surface area contributed by atoms with Crippen LogP contribution in [0.4, 0.5) is 0 Å². The molecule has 0 aliphatic heterocycles. The molecule has 0 radical (unpaired) electrons. The quantitative estimate of drug-likeness (QED) is 0.767. The maximum absolute atomic E-state index is 12.1. The normalized spacial score (nSPS) is 22.6. The first-order valence-electron chi connectivity index (χ1n) is 7.10. The van der Waals surface area contributed by atoms with Crippen molar-refractivity contribution in [3.8, 4) is 5.75 Å². The monoisotopic (exact) mass is 296 g/mol. The van der Waals surface area contributed by atoms with Crippen LogP contribution in [0.1, 0.15) is 43.0 Å². The molecule has 0 N–H and O–H groups in total. The second kappa shape index (κ2) is 7.09. The molecule has 2 rings (SSSR count). The lowest BCUT2D eigenvalue weighted by Gasteiger charge is -2.28. The van der Waals surface area contributed by atoms with Crippen molar-refractivity contribution in [1.29, 1.82) is 0 Å². The summed E-state index contributed by atoms with van der Waals surface area (Å²) < 4.78 is 10.9. The first-order chi connectivity index (χ1) is 9.61. The molecule has 0 amide bonds. The molecule has 2 unspecified atom stereocenters. The number of ketones is 1. The minimum atomic E-state index is -0.0349. The summed E-state index contributed by atoms with van der Waals surface area (Å²) in [4.78, 5) is 12.1. The average Bonchev–Trinajstić information content (AvgIpc) is 2.46. The van der Waals surface area contributed by atoms with Gasteiger partial charge >= 0.3 is 0 Å². The van der Waals surface area contributed by atoms with Crippen LogP contribution in [0.3, 0.4) is 0 Å². The highest BCUT2D eigenvalue weighted by Crippen LogP contribution is 2.27. The molecule has 0 spiro atoms. The van der Waals surface area contributed by atoms with Crippen molar-refractivity contribution < 1.29 is 14.3 Å². The van der Waals surface area contributed by atoms with Crippen LogP contribution < -0.4 is 4.74 Å². The number of carbonyl (C=O) groups excluding carboxylic acids is 1. The van der Waals surface area contributed by atoms with Gasteiger partial charge in [-0.1, -0.05) is 31.4 Å². The first-order valence-corrected chi connectivity index (χ1v) is 7.48. The predicted molar refractivity (Wildman–Crippen MR) is 79.7 cm³/mol. The lowest BCUT2D eigenvalue weighted by atomic mass is 9.88. The summed E-state index contributed by atoms with van der Waals surface area (Å²) in [6, 6.07) is 5.07. The van der Waals surface area contributed by atoms with Gasteiger partial charge in [0.2, 0.25) is 0 Å². The zero-order valence-electron chi connectivity index (χ0n) is 12.0. The van der Waals surface area contributed by atoms with Crippen LogP contribution in [0, 0.1) is 5.92 Å². The van der Waals surface area contributed by atoms with E-state index in [9.17, 15) is 4.79 Å². The summed E-state index contributed by atoms with van der Waals surface area (Å²) in [5, 5.41) is 0.449. The van der Waals surface area contributed by atoms with E-state index in [1.165, 1.54) is 19.3 Å². The van der Waals surface area contributed by atoms with Crippen LogP contribution in [0.2, 0.25) is 5.02 Å². The third-order valence-electron chi connectivity index (χ3n) is 3.94. The fourth-order valence-corrected chi connectivity index (χ4v) is 2.89. The molecule has 1 aromatic carbocycles. The largest absolute Gasteiger partial charge is 0.495 e. The van der Waals surface area contributed by atoms with Crippen LogP contribution in [0.25, 0.3) is 0 Å². The fourth-order valence-electron chi connectivity index (χ4n) is 2.64. The zero-order valence-corrected chi connectivity index (χ0v) is 12.8. The van der Waals surface area contributed by atoms with E-state index in [0.29, 0.717) is 22.3 Å². The van der Waals surface area contributed by atoms with E-state index in [1.807, 2.05) is 0 Å². The van der Waals surface area contributed by atoms with Crippen LogP contribution in [0.5, 0.6) is 5.75 Å². The Hall–Kier alpha value is -1.06. The van der Waals surface area contributed by atoms with Crippen LogP contribution >= 0.6 is 11.6 Å². The molecular weight excluding hydrogens is 276 g/mol. The highest BCUT2D eigenvalue weighted by molar-refractivity contribution is 6.32. The highest BCUT2D eigenvalue weighted by Gasteiger charge is 2.22. The van der Waals surface area contributed by atoms with Crippen molar-refractivity contribution in [2.75, 3.05) is 13.7 Å². The van der Waals surface area contributed by atoms with Crippen molar-refractivity contribution in [1.82, 2.24) is 0 Å². The number of ether oxygens (including phenoxy) is 2. The maximum atomic E-state index is 12.1. The van der Waals surface area contributed by atoms with Crippen molar-refractivity contribution in [2.45, 2.75) is 38.7 Å². The van der Waals surface area contributed by atoms with E-state index in [2.05, 4.69) is 6.92 Å². The molecule has 3 nitrogen and oxygen atoms in total. The van der Waals surface area contributed by atoms with Crippen LogP contribution in [0.15, 0.2) is 18.2 Å². The van der Waals surface area contributed by atoms with Crippen LogP contribution in [-0.2, 0) is 4.74 Å². The smallest absolute Gasteiger partial charge is 0.188 e. The maximum Gasteiger partial charge on any atom is 0.188 e. The molecule has 1 aliphatic carbocycles. The Morgan fingerprint density at radius 2 is 2.10 bits per heavy atom. The van der Waals surface area contributed by atoms with Gasteiger partial charge in [-0.25, -0.2) is 0 Å². The molecule has 4 heteroatoms. The molecule has 20 heavy (non-hydrogen) atoms. The van der Waals surface area contributed by atoms with E-state index in [1.54, 1.807) is 25.3 Å². The SMILES string of the molecule is COc1ccc(C(=O)COC2CCCCC2C)cc1Cl. The van der Waals surface area contributed by atoms with Gasteiger partial charge in [-0.05, 0) is 37.0 Å². The van der Waals surface area contributed by atoms with Crippen molar-refractivity contribution in [3.63, 3.8) is 0 Å². The molecule has 0 heterocycles. The summed E-state index contributed by atoms with van der Waals surface area (Å²) in [5.74, 6) is 1.08. The van der Waals surface area contributed by atoms with Crippen molar-refractivity contribution >= 4 is 17.4 Å². The summed E-state index contributed by atoms with van der Waals surface area (Å²) >= 11 is 6.03. The number of carbonyl (C=O) groups is 1. The Bertz CT molecular complexity index is 473. The van der Waals surface area contributed by atoms with Gasteiger partial charge in [0.05, 0.1) is 18.2 Å². The van der Waals surface area contributed by atoms with E-state index < -0.39 is 0 Å². The molecule has 1 saturated carbocycles. The van der Waals surface area contributed by atoms with Crippen LogP contribution in [-0.4, -0.2) is 25.6 Å². The Morgan fingerprint density at radius 3 is 2.75 bits per heavy atom. The second-order valence-electron chi connectivity index (χ2n) is 5.38. The standard InChI is InChI=1S/C16H21ClO3/c1-11-5-3-4-6-15(11)20-10-14(18)12-7-8-16(19-2)13(17)9-12/h7-9,11,15H,3-6,10H2,1-2H3. The van der Waals surface area contributed by atoms with E-state index in [4.69, 9.17) is 21.1 Å². The average molecular weight is 297 g/mol. The minimum absolute atomic E-state index is 0.0349. The van der Waals surface area contributed by atoms with Gasteiger partial charge in [0, 0.05) is 5.56 Å². The molecule has 0 aromatic heterocycles. The Kier molecular flexibility index (Phi) is 5.44. The van der Waals surface area contributed by atoms with Gasteiger partial charge in [-0.3, -0.25) is 4.79 Å². The van der Waals surface area contributed by atoms with Crippen molar-refractivity contribution in [3.05, 3.63) is 28.8 Å². The Morgan fingerprint density at radius 1 is 1.35 bits per heavy atom. The molecule has 0 saturated heterocycles. The lowest BCUT2D eigenvalue weighted by Crippen LogP contribution is -2.27. The number of Topliss-reactive ketones (excluding diaryl/α,β-unsaturated/α-hetero) is 1.